The highest BCUT2D eigenvalue weighted by Gasteiger charge is 2.18. The number of methoxy groups -OCH3 is 1. The summed E-state index contributed by atoms with van der Waals surface area (Å²) in [6, 6.07) is 4.61. The van der Waals surface area contributed by atoms with Crippen LogP contribution in [0.5, 0.6) is 11.5 Å². The van der Waals surface area contributed by atoms with Crippen molar-refractivity contribution in [3.63, 3.8) is 0 Å². The van der Waals surface area contributed by atoms with E-state index in [1.165, 1.54) is 13.2 Å². The van der Waals surface area contributed by atoms with E-state index in [0.717, 1.165) is 0 Å². The number of phenolic OH excluding ortho intramolecular Hbond substituents is 1. The highest BCUT2D eigenvalue weighted by molar-refractivity contribution is 7.80. The molecule has 104 valence electrons. The van der Waals surface area contributed by atoms with Gasteiger partial charge in [0.2, 0.25) is 0 Å². The molecule has 0 aliphatic rings. The van der Waals surface area contributed by atoms with Crippen LogP contribution in [-0.2, 0) is 0 Å². The molecule has 1 unspecified atom stereocenters. The highest BCUT2D eigenvalue weighted by atomic mass is 32.1. The van der Waals surface area contributed by atoms with Gasteiger partial charge in [0.15, 0.2) is 11.5 Å². The van der Waals surface area contributed by atoms with Crippen LogP contribution in [0.2, 0.25) is 0 Å². The molecule has 0 fully saturated rings. The summed E-state index contributed by atoms with van der Waals surface area (Å²) in [7, 11) is 1.43. The van der Waals surface area contributed by atoms with Crippen molar-refractivity contribution in [3.05, 3.63) is 23.8 Å². The van der Waals surface area contributed by atoms with Crippen LogP contribution in [0.1, 0.15) is 30.1 Å². The maximum absolute atomic E-state index is 12.1. The van der Waals surface area contributed by atoms with Crippen LogP contribution >= 0.6 is 12.2 Å². The van der Waals surface area contributed by atoms with Crippen LogP contribution in [0.15, 0.2) is 18.2 Å². The van der Waals surface area contributed by atoms with E-state index < -0.39 is 0 Å². The van der Waals surface area contributed by atoms with E-state index in [0.29, 0.717) is 17.8 Å². The van der Waals surface area contributed by atoms with Gasteiger partial charge >= 0.3 is 0 Å². The lowest BCUT2D eigenvalue weighted by molar-refractivity contribution is 0.0934. The van der Waals surface area contributed by atoms with Crippen molar-refractivity contribution in [1.82, 2.24) is 5.32 Å². The Labute approximate surface area is 117 Å². The molecule has 0 aromatic heterocycles. The molecule has 1 atom stereocenters. The zero-order valence-electron chi connectivity index (χ0n) is 11.0. The topological polar surface area (TPSA) is 84.6 Å². The Balaban J connectivity index is 2.85. The van der Waals surface area contributed by atoms with Gasteiger partial charge in [-0.15, -0.1) is 0 Å². The lowest BCUT2D eigenvalue weighted by Gasteiger charge is -2.17. The molecule has 0 aliphatic heterocycles. The van der Waals surface area contributed by atoms with E-state index in [4.69, 9.17) is 22.7 Å². The smallest absolute Gasteiger partial charge is 0.255 e. The summed E-state index contributed by atoms with van der Waals surface area (Å²) < 4.78 is 4.96. The lowest BCUT2D eigenvalue weighted by Crippen LogP contribution is -2.37. The van der Waals surface area contributed by atoms with Crippen molar-refractivity contribution >= 4 is 23.1 Å². The fraction of sp³-hybridized carbons (Fsp3) is 0.385. The molecular weight excluding hydrogens is 264 g/mol. The molecule has 0 saturated heterocycles. The van der Waals surface area contributed by atoms with Crippen LogP contribution in [0.3, 0.4) is 0 Å². The maximum Gasteiger partial charge on any atom is 0.255 e. The Bertz CT molecular complexity index is 477. The normalized spacial score (nSPS) is 11.7. The minimum Gasteiger partial charge on any atom is -0.504 e. The van der Waals surface area contributed by atoms with Crippen LogP contribution in [-0.4, -0.2) is 29.2 Å². The van der Waals surface area contributed by atoms with Crippen molar-refractivity contribution in [2.24, 2.45) is 5.73 Å². The van der Waals surface area contributed by atoms with Crippen molar-refractivity contribution in [3.8, 4) is 11.5 Å². The third kappa shape index (κ3) is 4.10. The molecule has 6 heteroatoms. The number of thiocarbonyl (C=S) groups is 1. The zero-order chi connectivity index (χ0) is 14.4. The number of nitrogens with one attached hydrogen (secondary N) is 1. The number of carbonyl (C=O) groups excluding carboxylic acids is 1. The van der Waals surface area contributed by atoms with E-state index in [1.807, 2.05) is 6.92 Å². The second-order valence-electron chi connectivity index (χ2n) is 4.11. The summed E-state index contributed by atoms with van der Waals surface area (Å²) in [5.41, 5.74) is 5.64. The summed E-state index contributed by atoms with van der Waals surface area (Å²) in [6.07, 6.45) is 1.14. The largest absolute Gasteiger partial charge is 0.504 e. The number of hydrogen-bond acceptors (Lipinski definition) is 4. The Morgan fingerprint density at radius 2 is 2.26 bits per heavy atom. The number of nitrogens with two attached hydrogens (primary N) is 1. The molecule has 0 bridgehead atoms. The predicted octanol–water partition coefficient (Wildman–Crippen LogP) is 1.59. The van der Waals surface area contributed by atoms with Gasteiger partial charge in [-0.1, -0.05) is 25.2 Å². The van der Waals surface area contributed by atoms with Crippen molar-refractivity contribution in [1.29, 1.82) is 0 Å². The molecule has 1 aromatic rings. The monoisotopic (exact) mass is 282 g/mol. The molecule has 4 N–H and O–H groups in total. The van der Waals surface area contributed by atoms with Crippen molar-refractivity contribution in [2.45, 2.75) is 25.8 Å². The maximum atomic E-state index is 12.1. The van der Waals surface area contributed by atoms with Gasteiger partial charge in [-0.3, -0.25) is 4.79 Å². The third-order valence-electron chi connectivity index (χ3n) is 2.74. The average molecular weight is 282 g/mol. The Morgan fingerprint density at radius 3 is 2.79 bits per heavy atom. The number of phenols is 1. The minimum atomic E-state index is -0.375. The molecular formula is C13H18N2O3S. The number of rotatable bonds is 6. The number of para-hydroxylation sites is 1. The minimum absolute atomic E-state index is 0.143. The first kappa shape index (κ1) is 15.2. The Hall–Kier alpha value is -1.82. The first-order valence-electron chi connectivity index (χ1n) is 5.94. The van der Waals surface area contributed by atoms with Gasteiger partial charge in [-0.25, -0.2) is 0 Å². The Kier molecular flexibility index (Phi) is 5.57. The molecule has 19 heavy (non-hydrogen) atoms. The SMILES string of the molecule is CCC(CC(N)=S)NC(=O)c1cccc(OC)c1O. The van der Waals surface area contributed by atoms with E-state index in [1.54, 1.807) is 12.1 Å². The summed E-state index contributed by atoms with van der Waals surface area (Å²) in [5, 5.41) is 12.7. The Morgan fingerprint density at radius 1 is 1.58 bits per heavy atom. The standard InChI is InChI=1S/C13H18N2O3S/c1-3-8(7-11(14)19)15-13(17)9-5-4-6-10(18-2)12(9)16/h4-6,8,16H,3,7H2,1-2H3,(H2,14,19)(H,15,17). The van der Waals surface area contributed by atoms with Gasteiger partial charge in [-0.05, 0) is 18.6 Å². The number of hydrogen-bond donors (Lipinski definition) is 3. The average Bonchev–Trinajstić information content (AvgIpc) is 2.37. The zero-order valence-corrected chi connectivity index (χ0v) is 11.8. The number of aromatic hydroxyl groups is 1. The molecule has 0 aliphatic carbocycles. The summed E-state index contributed by atoms with van der Waals surface area (Å²) in [5.74, 6) is -0.290. The van der Waals surface area contributed by atoms with E-state index in [2.05, 4.69) is 5.32 Å². The quantitative estimate of drug-likeness (QED) is 0.690. The molecule has 1 aromatic carbocycles. The van der Waals surface area contributed by atoms with Gasteiger partial charge < -0.3 is 20.9 Å². The summed E-state index contributed by atoms with van der Waals surface area (Å²) in [6.45, 7) is 1.93. The fourth-order valence-corrected chi connectivity index (χ4v) is 1.87. The number of benzene rings is 1. The fourth-order valence-electron chi connectivity index (χ4n) is 1.67. The van der Waals surface area contributed by atoms with Crippen molar-refractivity contribution in [2.75, 3.05) is 7.11 Å². The third-order valence-corrected chi connectivity index (χ3v) is 2.91. The predicted molar refractivity (Wildman–Crippen MR) is 77.6 cm³/mol. The molecule has 0 saturated carbocycles. The second kappa shape index (κ2) is 6.94. The molecule has 0 radical (unpaired) electrons. The molecule has 1 amide bonds. The van der Waals surface area contributed by atoms with E-state index >= 15 is 0 Å². The molecule has 0 spiro atoms. The lowest BCUT2D eigenvalue weighted by atomic mass is 10.1. The van der Waals surface area contributed by atoms with Gasteiger partial charge in [-0.2, -0.15) is 0 Å². The van der Waals surface area contributed by atoms with E-state index in [-0.39, 0.29) is 29.0 Å². The van der Waals surface area contributed by atoms with E-state index in [9.17, 15) is 9.90 Å². The van der Waals surface area contributed by atoms with Crippen LogP contribution < -0.4 is 15.8 Å². The summed E-state index contributed by atoms with van der Waals surface area (Å²) in [4.78, 5) is 12.4. The number of ether oxygens (including phenoxy) is 1. The molecule has 1 rings (SSSR count). The van der Waals surface area contributed by atoms with Gasteiger partial charge in [0.05, 0.1) is 17.7 Å². The number of amides is 1. The van der Waals surface area contributed by atoms with Crippen LogP contribution in [0, 0.1) is 0 Å². The van der Waals surface area contributed by atoms with Crippen molar-refractivity contribution < 1.29 is 14.6 Å². The first-order chi connectivity index (χ1) is 8.99. The van der Waals surface area contributed by atoms with Gasteiger partial charge in [0, 0.05) is 12.5 Å². The van der Waals surface area contributed by atoms with Crippen LogP contribution in [0.25, 0.3) is 0 Å². The second-order valence-corrected chi connectivity index (χ2v) is 4.63. The van der Waals surface area contributed by atoms with Gasteiger partial charge in [0.1, 0.15) is 0 Å². The number of carbonyl (C=O) groups is 1. The summed E-state index contributed by atoms with van der Waals surface area (Å²) >= 11 is 4.83. The first-order valence-corrected chi connectivity index (χ1v) is 6.35. The van der Waals surface area contributed by atoms with Gasteiger partial charge in [0.25, 0.3) is 5.91 Å². The highest BCUT2D eigenvalue weighted by Crippen LogP contribution is 2.29. The molecule has 5 nitrogen and oxygen atoms in total. The molecule has 0 heterocycles. The van der Waals surface area contributed by atoms with Crippen LogP contribution in [0.4, 0.5) is 0 Å².